The van der Waals surface area contributed by atoms with E-state index in [1.807, 2.05) is 20.8 Å². The van der Waals surface area contributed by atoms with E-state index in [1.54, 1.807) is 24.3 Å². The Hall–Kier alpha value is -1.59. The molecule has 6 heteroatoms. The van der Waals surface area contributed by atoms with Gasteiger partial charge in [0.1, 0.15) is 0 Å². The highest BCUT2D eigenvalue weighted by Gasteiger charge is 2.26. The van der Waals surface area contributed by atoms with Gasteiger partial charge in [-0.3, -0.25) is 9.59 Å². The van der Waals surface area contributed by atoms with Crippen molar-refractivity contribution in [2.45, 2.75) is 33.4 Å². The van der Waals surface area contributed by atoms with Gasteiger partial charge in [-0.2, -0.15) is 0 Å². The van der Waals surface area contributed by atoms with Gasteiger partial charge >= 0.3 is 0 Å². The van der Waals surface area contributed by atoms with E-state index < -0.39 is 11.9 Å². The van der Waals surface area contributed by atoms with Crippen LogP contribution >= 0.6 is 12.4 Å². The summed E-state index contributed by atoms with van der Waals surface area (Å²) in [4.78, 5) is 22.7. The number of carbonyl (C=O) groups excluding carboxylic acids is 2. The Morgan fingerprint density at radius 2 is 1.70 bits per heavy atom. The number of halogens is 1. The van der Waals surface area contributed by atoms with Crippen LogP contribution in [0.5, 0.6) is 0 Å². The molecular weight excluding hydrogens is 278 g/mol. The minimum Gasteiger partial charge on any atom is -0.366 e. The van der Waals surface area contributed by atoms with Crippen LogP contribution in [0.3, 0.4) is 0 Å². The first kappa shape index (κ1) is 18.4. The molecule has 1 aromatic carbocycles. The van der Waals surface area contributed by atoms with Crippen LogP contribution in [0.1, 0.15) is 36.7 Å². The summed E-state index contributed by atoms with van der Waals surface area (Å²) in [6.45, 7) is 6.12. The number of carbonyl (C=O) groups is 2. The molecule has 0 aliphatic heterocycles. The molecular formula is C14H22ClN3O2. The summed E-state index contributed by atoms with van der Waals surface area (Å²) in [5, 5.41) is 2.77. The number of rotatable bonds is 4. The molecule has 0 bridgehead atoms. The number of benzene rings is 1. The summed E-state index contributed by atoms with van der Waals surface area (Å²) in [7, 11) is 0. The van der Waals surface area contributed by atoms with E-state index in [9.17, 15) is 9.59 Å². The van der Waals surface area contributed by atoms with Crippen LogP contribution in [0.2, 0.25) is 0 Å². The van der Waals surface area contributed by atoms with E-state index in [1.165, 1.54) is 0 Å². The van der Waals surface area contributed by atoms with Gasteiger partial charge in [0.25, 0.3) is 0 Å². The Morgan fingerprint density at radius 1 is 1.20 bits per heavy atom. The van der Waals surface area contributed by atoms with E-state index in [4.69, 9.17) is 11.5 Å². The Kier molecular flexibility index (Phi) is 6.68. The van der Waals surface area contributed by atoms with E-state index in [2.05, 4.69) is 5.32 Å². The van der Waals surface area contributed by atoms with Gasteiger partial charge in [-0.05, 0) is 23.1 Å². The van der Waals surface area contributed by atoms with Crippen molar-refractivity contribution in [3.05, 3.63) is 35.4 Å². The fourth-order valence-corrected chi connectivity index (χ4v) is 1.48. The molecule has 2 amide bonds. The molecule has 0 fully saturated rings. The number of nitrogens with two attached hydrogens (primary N) is 2. The fourth-order valence-electron chi connectivity index (χ4n) is 1.48. The van der Waals surface area contributed by atoms with Crippen LogP contribution in [-0.4, -0.2) is 17.9 Å². The highest BCUT2D eigenvalue weighted by molar-refractivity contribution is 5.92. The molecule has 0 aromatic heterocycles. The first-order valence-corrected chi connectivity index (χ1v) is 6.14. The first-order valence-electron chi connectivity index (χ1n) is 6.14. The molecule has 0 saturated heterocycles. The van der Waals surface area contributed by atoms with E-state index in [-0.39, 0.29) is 23.7 Å². The molecule has 0 heterocycles. The summed E-state index contributed by atoms with van der Waals surface area (Å²) in [5.74, 6) is -0.656. The van der Waals surface area contributed by atoms with Gasteiger partial charge < -0.3 is 16.8 Å². The van der Waals surface area contributed by atoms with E-state index in [0.717, 1.165) is 5.56 Å². The Labute approximate surface area is 125 Å². The van der Waals surface area contributed by atoms with Crippen molar-refractivity contribution < 1.29 is 9.59 Å². The maximum atomic E-state index is 11.8. The lowest BCUT2D eigenvalue weighted by molar-refractivity contribution is -0.124. The molecule has 112 valence electrons. The minimum atomic E-state index is -0.558. The normalized spacial score (nSPS) is 12.2. The smallest absolute Gasteiger partial charge is 0.248 e. The third-order valence-corrected chi connectivity index (χ3v) is 2.92. The van der Waals surface area contributed by atoms with Gasteiger partial charge in [-0.25, -0.2) is 0 Å². The maximum Gasteiger partial charge on any atom is 0.248 e. The molecule has 0 saturated carbocycles. The van der Waals surface area contributed by atoms with Crippen LogP contribution < -0.4 is 16.8 Å². The zero-order chi connectivity index (χ0) is 14.6. The number of hydrogen-bond acceptors (Lipinski definition) is 3. The second-order valence-corrected chi connectivity index (χ2v) is 5.62. The average Bonchev–Trinajstić information content (AvgIpc) is 2.34. The lowest BCUT2D eigenvalue weighted by atomic mass is 9.87. The van der Waals surface area contributed by atoms with Crippen LogP contribution in [0.15, 0.2) is 24.3 Å². The predicted molar refractivity (Wildman–Crippen MR) is 81.5 cm³/mol. The van der Waals surface area contributed by atoms with Crippen molar-refractivity contribution in [1.82, 2.24) is 5.32 Å². The molecule has 20 heavy (non-hydrogen) atoms. The Balaban J connectivity index is 0.00000361. The molecule has 0 spiro atoms. The largest absolute Gasteiger partial charge is 0.366 e. The number of amides is 2. The summed E-state index contributed by atoms with van der Waals surface area (Å²) in [5.41, 5.74) is 12.1. The van der Waals surface area contributed by atoms with Crippen LogP contribution in [-0.2, 0) is 11.3 Å². The van der Waals surface area contributed by atoms with Crippen LogP contribution in [0.4, 0.5) is 0 Å². The average molecular weight is 300 g/mol. The van der Waals surface area contributed by atoms with Gasteiger partial charge in [-0.1, -0.05) is 32.9 Å². The number of hydrogen-bond donors (Lipinski definition) is 3. The summed E-state index contributed by atoms with van der Waals surface area (Å²) in [6, 6.07) is 6.21. The second kappa shape index (κ2) is 7.26. The van der Waals surface area contributed by atoms with Crippen molar-refractivity contribution in [3.63, 3.8) is 0 Å². The topological polar surface area (TPSA) is 98.2 Å². The molecule has 1 rings (SSSR count). The standard InChI is InChI=1S/C14H21N3O2.ClH/c1-14(2,3)11(15)13(19)17-8-9-4-6-10(7-5-9)12(16)18;/h4-7,11H,8,15H2,1-3H3,(H2,16,18)(H,17,19);1H/t11-;/m1./s1. The van der Waals surface area contributed by atoms with Crippen molar-refractivity contribution >= 4 is 24.2 Å². The molecule has 0 radical (unpaired) electrons. The third-order valence-electron chi connectivity index (χ3n) is 2.92. The molecule has 5 nitrogen and oxygen atoms in total. The molecule has 0 aliphatic carbocycles. The Morgan fingerprint density at radius 3 is 2.10 bits per heavy atom. The highest BCUT2D eigenvalue weighted by Crippen LogP contribution is 2.17. The summed E-state index contributed by atoms with van der Waals surface area (Å²) in [6.07, 6.45) is 0. The van der Waals surface area contributed by atoms with Crippen LogP contribution in [0, 0.1) is 5.41 Å². The maximum absolute atomic E-state index is 11.8. The van der Waals surface area contributed by atoms with Crippen molar-refractivity contribution in [3.8, 4) is 0 Å². The summed E-state index contributed by atoms with van der Waals surface area (Å²) >= 11 is 0. The molecule has 0 aliphatic rings. The lowest BCUT2D eigenvalue weighted by Crippen LogP contribution is -2.48. The molecule has 5 N–H and O–H groups in total. The van der Waals surface area contributed by atoms with Gasteiger partial charge in [0.15, 0.2) is 0 Å². The highest BCUT2D eigenvalue weighted by atomic mass is 35.5. The fraction of sp³-hybridized carbons (Fsp3) is 0.429. The first-order chi connectivity index (χ1) is 8.71. The van der Waals surface area contributed by atoms with Crippen molar-refractivity contribution in [2.75, 3.05) is 0 Å². The third kappa shape index (κ3) is 5.19. The SMILES string of the molecule is CC(C)(C)[C@H](N)C(=O)NCc1ccc(C(N)=O)cc1.Cl. The number of primary amides is 1. The van der Waals surface area contributed by atoms with Gasteiger partial charge in [0.2, 0.25) is 11.8 Å². The van der Waals surface area contributed by atoms with E-state index in [0.29, 0.717) is 12.1 Å². The zero-order valence-electron chi connectivity index (χ0n) is 12.0. The molecule has 1 atom stereocenters. The van der Waals surface area contributed by atoms with Crippen molar-refractivity contribution in [1.29, 1.82) is 0 Å². The van der Waals surface area contributed by atoms with Gasteiger partial charge in [0, 0.05) is 12.1 Å². The van der Waals surface area contributed by atoms with Crippen LogP contribution in [0.25, 0.3) is 0 Å². The minimum absolute atomic E-state index is 0. The number of nitrogens with one attached hydrogen (secondary N) is 1. The quantitative estimate of drug-likeness (QED) is 0.779. The second-order valence-electron chi connectivity index (χ2n) is 5.62. The zero-order valence-corrected chi connectivity index (χ0v) is 12.8. The van der Waals surface area contributed by atoms with Crippen molar-refractivity contribution in [2.24, 2.45) is 16.9 Å². The Bertz CT molecular complexity index is 466. The molecule has 0 unspecified atom stereocenters. The predicted octanol–water partition coefficient (Wildman–Crippen LogP) is 1.20. The lowest BCUT2D eigenvalue weighted by Gasteiger charge is -2.25. The monoisotopic (exact) mass is 299 g/mol. The van der Waals surface area contributed by atoms with Gasteiger partial charge in [-0.15, -0.1) is 12.4 Å². The molecule has 1 aromatic rings. The van der Waals surface area contributed by atoms with E-state index >= 15 is 0 Å². The van der Waals surface area contributed by atoms with Gasteiger partial charge in [0.05, 0.1) is 6.04 Å². The summed E-state index contributed by atoms with van der Waals surface area (Å²) < 4.78 is 0.